The lowest BCUT2D eigenvalue weighted by Gasteiger charge is -2.06. The predicted molar refractivity (Wildman–Crippen MR) is 117 cm³/mol. The van der Waals surface area contributed by atoms with E-state index < -0.39 is 0 Å². The van der Waals surface area contributed by atoms with Crippen molar-refractivity contribution in [2.24, 2.45) is 0 Å². The average Bonchev–Trinajstić information content (AvgIpc) is 3.44. The van der Waals surface area contributed by atoms with E-state index >= 15 is 0 Å². The molecule has 0 unspecified atom stereocenters. The summed E-state index contributed by atoms with van der Waals surface area (Å²) >= 11 is 2.90. The van der Waals surface area contributed by atoms with Gasteiger partial charge in [0, 0.05) is 16.3 Å². The summed E-state index contributed by atoms with van der Waals surface area (Å²) in [6.07, 6.45) is 0. The summed E-state index contributed by atoms with van der Waals surface area (Å²) in [4.78, 5) is 29.5. The molecular formula is C22H14N2O3S2. The number of nitrogens with zero attached hydrogens (tertiary/aromatic N) is 1. The molecule has 5 aromatic rings. The highest BCUT2D eigenvalue weighted by atomic mass is 32.1. The van der Waals surface area contributed by atoms with E-state index in [1.165, 1.54) is 18.3 Å². The summed E-state index contributed by atoms with van der Waals surface area (Å²) in [6.45, 7) is 1.50. The number of para-hydroxylation sites is 1. The van der Waals surface area contributed by atoms with Gasteiger partial charge in [-0.1, -0.05) is 24.3 Å². The van der Waals surface area contributed by atoms with Crippen LogP contribution in [0.25, 0.3) is 32.3 Å². The van der Waals surface area contributed by atoms with E-state index in [2.05, 4.69) is 10.3 Å². The molecular weight excluding hydrogens is 404 g/mol. The highest BCUT2D eigenvalue weighted by Gasteiger charge is 2.21. The van der Waals surface area contributed by atoms with Crippen LogP contribution in [0.4, 0.5) is 5.00 Å². The number of carbonyl (C=O) groups excluding carboxylic acids is 2. The van der Waals surface area contributed by atoms with E-state index in [9.17, 15) is 9.59 Å². The number of hydrogen-bond acceptors (Lipinski definition) is 6. The zero-order valence-electron chi connectivity index (χ0n) is 15.3. The maximum atomic E-state index is 12.7. The fourth-order valence-electron chi connectivity index (χ4n) is 3.30. The van der Waals surface area contributed by atoms with Crippen LogP contribution in [0.2, 0.25) is 0 Å². The molecule has 0 radical (unpaired) electrons. The normalized spacial score (nSPS) is 11.2. The minimum Gasteiger partial charge on any atom is -0.451 e. The number of thiophene rings is 1. The van der Waals surface area contributed by atoms with Crippen LogP contribution in [0.3, 0.4) is 0 Å². The van der Waals surface area contributed by atoms with Crippen molar-refractivity contribution in [3.05, 3.63) is 70.7 Å². The topological polar surface area (TPSA) is 72.2 Å². The Balaban J connectivity index is 1.51. The molecule has 5 nitrogen and oxygen atoms in total. The van der Waals surface area contributed by atoms with Gasteiger partial charge >= 0.3 is 0 Å². The number of aromatic nitrogens is 1. The molecule has 0 atom stereocenters. The fraction of sp³-hybridized carbons (Fsp3) is 0.0455. The zero-order chi connectivity index (χ0) is 20.0. The van der Waals surface area contributed by atoms with Crippen molar-refractivity contribution in [2.45, 2.75) is 6.92 Å². The van der Waals surface area contributed by atoms with Crippen LogP contribution < -0.4 is 5.32 Å². The van der Waals surface area contributed by atoms with Gasteiger partial charge in [-0.05, 0) is 36.8 Å². The third-order valence-corrected chi connectivity index (χ3v) is 6.37. The number of Topliss-reactive ketones (excluding diaryl/α,β-unsaturated/α-hetero) is 1. The Morgan fingerprint density at radius 2 is 1.93 bits per heavy atom. The summed E-state index contributed by atoms with van der Waals surface area (Å²) < 4.78 is 6.72. The largest absolute Gasteiger partial charge is 0.451 e. The van der Waals surface area contributed by atoms with Gasteiger partial charge in [-0.15, -0.1) is 22.7 Å². The Morgan fingerprint density at radius 1 is 1.07 bits per heavy atom. The molecule has 29 heavy (non-hydrogen) atoms. The van der Waals surface area contributed by atoms with Crippen molar-refractivity contribution in [1.29, 1.82) is 0 Å². The molecule has 0 bridgehead atoms. The number of hydrogen-bond donors (Lipinski definition) is 1. The minimum atomic E-state index is -0.382. The maximum absolute atomic E-state index is 12.7. The minimum absolute atomic E-state index is 0.112. The van der Waals surface area contributed by atoms with Gasteiger partial charge in [0.15, 0.2) is 11.5 Å². The van der Waals surface area contributed by atoms with Crippen molar-refractivity contribution in [3.63, 3.8) is 0 Å². The van der Waals surface area contributed by atoms with Crippen molar-refractivity contribution in [2.75, 3.05) is 5.32 Å². The number of furan rings is 1. The molecule has 142 valence electrons. The van der Waals surface area contributed by atoms with Gasteiger partial charge in [0.1, 0.15) is 10.6 Å². The third-order valence-electron chi connectivity index (χ3n) is 4.66. The van der Waals surface area contributed by atoms with Crippen LogP contribution in [0.1, 0.15) is 27.8 Å². The Morgan fingerprint density at radius 3 is 2.76 bits per heavy atom. The van der Waals surface area contributed by atoms with E-state index in [1.807, 2.05) is 47.8 Å². The molecule has 3 aromatic heterocycles. The first-order valence-corrected chi connectivity index (χ1v) is 10.6. The SMILES string of the molecule is CC(=O)c1c(-c2ccc3scnc3c2)csc1NC(=O)c1cc2ccccc2o1. The number of nitrogens with one attached hydrogen (secondary N) is 1. The number of carbonyl (C=O) groups is 2. The van der Waals surface area contributed by atoms with Gasteiger partial charge in [-0.25, -0.2) is 4.98 Å². The van der Waals surface area contributed by atoms with Gasteiger partial charge < -0.3 is 9.73 Å². The number of anilines is 1. The highest BCUT2D eigenvalue weighted by Crippen LogP contribution is 2.37. The standard InChI is InChI=1S/C22H14N2O3S2/c1-12(25)20-15(13-6-7-19-16(8-13)23-11-29-19)10-28-22(20)24-21(26)18-9-14-4-2-3-5-17(14)27-18/h2-11H,1H3,(H,24,26). The number of fused-ring (bicyclic) bond motifs is 2. The highest BCUT2D eigenvalue weighted by molar-refractivity contribution is 7.16. The van der Waals surface area contributed by atoms with Crippen molar-refractivity contribution < 1.29 is 14.0 Å². The lowest BCUT2D eigenvalue weighted by Crippen LogP contribution is -2.12. The summed E-state index contributed by atoms with van der Waals surface area (Å²) in [5.41, 5.74) is 5.52. The lowest BCUT2D eigenvalue weighted by atomic mass is 10.0. The molecule has 7 heteroatoms. The number of rotatable bonds is 4. The summed E-state index contributed by atoms with van der Waals surface area (Å²) in [7, 11) is 0. The van der Waals surface area contributed by atoms with Crippen LogP contribution in [-0.2, 0) is 0 Å². The molecule has 1 N–H and O–H groups in total. The molecule has 3 heterocycles. The Hall–Kier alpha value is -3.29. The Labute approximate surface area is 173 Å². The van der Waals surface area contributed by atoms with Gasteiger partial charge in [-0.3, -0.25) is 9.59 Å². The third kappa shape index (κ3) is 3.14. The number of thiazole rings is 1. The molecule has 1 amide bonds. The van der Waals surface area contributed by atoms with Gasteiger partial charge in [-0.2, -0.15) is 0 Å². The molecule has 5 rings (SSSR count). The van der Waals surface area contributed by atoms with Crippen molar-refractivity contribution >= 4 is 60.6 Å². The second kappa shape index (κ2) is 6.95. The van der Waals surface area contributed by atoms with Gasteiger partial charge in [0.2, 0.25) is 0 Å². The molecule has 0 spiro atoms. The van der Waals surface area contributed by atoms with E-state index in [0.717, 1.165) is 26.7 Å². The second-order valence-corrected chi connectivity index (χ2v) is 8.31. The van der Waals surface area contributed by atoms with Crippen molar-refractivity contribution in [1.82, 2.24) is 4.98 Å². The molecule has 0 saturated heterocycles. The van der Waals surface area contributed by atoms with Crippen LogP contribution in [-0.4, -0.2) is 16.7 Å². The molecule has 0 aliphatic rings. The maximum Gasteiger partial charge on any atom is 0.292 e. The number of amides is 1. The van der Waals surface area contributed by atoms with Crippen LogP contribution >= 0.6 is 22.7 Å². The van der Waals surface area contributed by atoms with Gasteiger partial charge in [0.05, 0.1) is 21.3 Å². The molecule has 2 aromatic carbocycles. The second-order valence-electron chi connectivity index (χ2n) is 6.55. The average molecular weight is 418 g/mol. The van der Waals surface area contributed by atoms with Crippen LogP contribution in [0.5, 0.6) is 0 Å². The van der Waals surface area contributed by atoms with Crippen molar-refractivity contribution in [3.8, 4) is 11.1 Å². The first kappa shape index (κ1) is 17.8. The lowest BCUT2D eigenvalue weighted by molar-refractivity contribution is 0.0999. The molecule has 0 saturated carbocycles. The molecule has 0 aliphatic carbocycles. The van der Waals surface area contributed by atoms with Crippen LogP contribution in [0.15, 0.2) is 63.8 Å². The number of ketones is 1. The van der Waals surface area contributed by atoms with Gasteiger partial charge in [0.25, 0.3) is 5.91 Å². The number of benzene rings is 2. The summed E-state index contributed by atoms with van der Waals surface area (Å²) in [5, 5.41) is 6.10. The monoisotopic (exact) mass is 418 g/mol. The smallest absolute Gasteiger partial charge is 0.292 e. The van der Waals surface area contributed by atoms with E-state index in [1.54, 1.807) is 22.9 Å². The fourth-order valence-corrected chi connectivity index (χ4v) is 4.97. The van der Waals surface area contributed by atoms with E-state index in [4.69, 9.17) is 4.42 Å². The predicted octanol–water partition coefficient (Wildman–Crippen LogP) is 6.23. The first-order chi connectivity index (χ1) is 14.1. The quantitative estimate of drug-likeness (QED) is 0.351. The van der Waals surface area contributed by atoms with E-state index in [-0.39, 0.29) is 17.5 Å². The Bertz CT molecular complexity index is 1360. The molecule has 0 aliphatic heterocycles. The molecule has 0 fully saturated rings. The van der Waals surface area contributed by atoms with E-state index in [0.29, 0.717) is 16.1 Å². The zero-order valence-corrected chi connectivity index (χ0v) is 16.9. The summed E-state index contributed by atoms with van der Waals surface area (Å²) in [5.74, 6) is -0.286. The first-order valence-electron chi connectivity index (χ1n) is 8.86. The summed E-state index contributed by atoms with van der Waals surface area (Å²) in [6, 6.07) is 15.1. The Kier molecular flexibility index (Phi) is 4.26. The van der Waals surface area contributed by atoms with Crippen LogP contribution in [0, 0.1) is 0 Å².